The molecule has 1 amide bonds. The Balaban J connectivity index is 1.52. The van der Waals surface area contributed by atoms with Gasteiger partial charge < -0.3 is 19.4 Å². The van der Waals surface area contributed by atoms with Gasteiger partial charge in [0.15, 0.2) is 23.9 Å². The lowest BCUT2D eigenvalue weighted by atomic mass is 10.1. The van der Waals surface area contributed by atoms with Crippen molar-refractivity contribution in [3.8, 4) is 11.5 Å². The van der Waals surface area contributed by atoms with Crippen molar-refractivity contribution in [1.82, 2.24) is 14.9 Å². The number of ketones is 1. The van der Waals surface area contributed by atoms with Crippen LogP contribution in [0.15, 0.2) is 24.4 Å². The van der Waals surface area contributed by atoms with Crippen LogP contribution in [0.3, 0.4) is 0 Å². The van der Waals surface area contributed by atoms with Crippen LogP contribution in [-0.4, -0.2) is 35.0 Å². The van der Waals surface area contributed by atoms with Gasteiger partial charge in [-0.05, 0) is 38.0 Å². The van der Waals surface area contributed by atoms with Crippen LogP contribution in [0, 0.1) is 0 Å². The van der Waals surface area contributed by atoms with Crippen molar-refractivity contribution in [2.24, 2.45) is 0 Å². The van der Waals surface area contributed by atoms with E-state index in [-0.39, 0.29) is 18.3 Å². The van der Waals surface area contributed by atoms with Gasteiger partial charge in [-0.2, -0.15) is 0 Å². The van der Waals surface area contributed by atoms with Crippen molar-refractivity contribution in [3.63, 3.8) is 0 Å². The van der Waals surface area contributed by atoms with Gasteiger partial charge in [0.05, 0.1) is 19.3 Å². The Morgan fingerprint density at radius 1 is 1.27 bits per heavy atom. The highest BCUT2D eigenvalue weighted by Crippen LogP contribution is 2.28. The number of imidazole rings is 1. The van der Waals surface area contributed by atoms with Crippen molar-refractivity contribution >= 4 is 11.7 Å². The highest BCUT2D eigenvalue weighted by Gasteiger charge is 2.13. The summed E-state index contributed by atoms with van der Waals surface area (Å²) in [5.74, 6) is 1.63. The molecule has 7 heteroatoms. The maximum atomic E-state index is 12.0. The first-order valence-corrected chi connectivity index (χ1v) is 8.70. The van der Waals surface area contributed by atoms with Gasteiger partial charge in [-0.15, -0.1) is 0 Å². The minimum absolute atomic E-state index is 0.0599. The number of ether oxygens (including phenoxy) is 2. The molecule has 0 atom stereocenters. The summed E-state index contributed by atoms with van der Waals surface area (Å²) in [7, 11) is 1.49. The van der Waals surface area contributed by atoms with Gasteiger partial charge in [-0.3, -0.25) is 9.59 Å². The van der Waals surface area contributed by atoms with Crippen molar-refractivity contribution in [3.05, 3.63) is 41.5 Å². The van der Waals surface area contributed by atoms with Crippen LogP contribution in [0.25, 0.3) is 0 Å². The highest BCUT2D eigenvalue weighted by atomic mass is 16.5. The van der Waals surface area contributed by atoms with Crippen LogP contribution in [0.2, 0.25) is 0 Å². The number of nitrogens with one attached hydrogen (secondary N) is 1. The average molecular weight is 357 g/mol. The predicted molar refractivity (Wildman–Crippen MR) is 95.5 cm³/mol. The zero-order chi connectivity index (χ0) is 18.5. The van der Waals surface area contributed by atoms with Crippen molar-refractivity contribution < 1.29 is 19.1 Å². The molecule has 0 unspecified atom stereocenters. The number of methoxy groups -OCH3 is 1. The summed E-state index contributed by atoms with van der Waals surface area (Å²) >= 11 is 0. The quantitative estimate of drug-likeness (QED) is 0.768. The number of amides is 1. The lowest BCUT2D eigenvalue weighted by Crippen LogP contribution is -2.28. The fraction of sp³-hybridized carbons (Fsp3) is 0.421. The van der Waals surface area contributed by atoms with Gasteiger partial charge in [-0.25, -0.2) is 4.98 Å². The Kier molecular flexibility index (Phi) is 5.55. The van der Waals surface area contributed by atoms with E-state index < -0.39 is 0 Å². The molecule has 0 bridgehead atoms. The molecule has 1 aliphatic heterocycles. The van der Waals surface area contributed by atoms with E-state index in [9.17, 15) is 9.59 Å². The lowest BCUT2D eigenvalue weighted by Gasteiger charge is -2.11. The van der Waals surface area contributed by atoms with E-state index >= 15 is 0 Å². The molecule has 1 N–H and O–H groups in total. The summed E-state index contributed by atoms with van der Waals surface area (Å²) in [5.41, 5.74) is 1.39. The number of Topliss-reactive ketones (excluding diaryl/α,β-unsaturated/α-hetero) is 1. The third-order valence-corrected chi connectivity index (χ3v) is 4.35. The smallest absolute Gasteiger partial charge is 0.258 e. The second-order valence-corrected chi connectivity index (χ2v) is 6.29. The third kappa shape index (κ3) is 4.22. The van der Waals surface area contributed by atoms with Gasteiger partial charge in [0.1, 0.15) is 5.82 Å². The second-order valence-electron chi connectivity index (χ2n) is 6.29. The molecule has 7 nitrogen and oxygen atoms in total. The fourth-order valence-corrected chi connectivity index (χ4v) is 2.95. The van der Waals surface area contributed by atoms with Gasteiger partial charge in [0, 0.05) is 24.7 Å². The fourth-order valence-electron chi connectivity index (χ4n) is 2.95. The number of rotatable bonds is 7. The standard InChI is InChI=1S/C19H23N3O4/c1-13(23)14-6-7-16(17(9-14)25-2)26-12-19(24)20-10-15-11-22-8-4-3-5-18(22)21-15/h6-7,9,11H,3-5,8,10,12H2,1-2H3,(H,20,24). The maximum absolute atomic E-state index is 12.0. The molecule has 0 saturated heterocycles. The lowest BCUT2D eigenvalue weighted by molar-refractivity contribution is -0.123. The number of benzene rings is 1. The Morgan fingerprint density at radius 2 is 2.12 bits per heavy atom. The molecule has 1 aromatic carbocycles. The number of hydrogen-bond donors (Lipinski definition) is 1. The summed E-state index contributed by atoms with van der Waals surface area (Å²) in [5, 5.41) is 2.81. The van der Waals surface area contributed by atoms with Gasteiger partial charge in [-0.1, -0.05) is 0 Å². The van der Waals surface area contributed by atoms with Crippen LogP contribution in [0.5, 0.6) is 11.5 Å². The number of hydrogen-bond acceptors (Lipinski definition) is 5. The summed E-state index contributed by atoms with van der Waals surface area (Å²) < 4.78 is 12.9. The molecule has 0 aliphatic carbocycles. The number of nitrogens with zero attached hydrogens (tertiary/aromatic N) is 2. The first-order valence-electron chi connectivity index (χ1n) is 8.70. The number of carbonyl (C=O) groups is 2. The van der Waals surface area contributed by atoms with Crippen molar-refractivity contribution in [2.75, 3.05) is 13.7 Å². The van der Waals surface area contributed by atoms with Gasteiger partial charge in [0.2, 0.25) is 0 Å². The van der Waals surface area contributed by atoms with Crippen LogP contribution in [0.4, 0.5) is 0 Å². The van der Waals surface area contributed by atoms with E-state index in [0.717, 1.165) is 24.5 Å². The molecule has 0 saturated carbocycles. The predicted octanol–water partition coefficient (Wildman–Crippen LogP) is 2.13. The van der Waals surface area contributed by atoms with Crippen LogP contribution < -0.4 is 14.8 Å². The largest absolute Gasteiger partial charge is 0.493 e. The molecule has 3 rings (SSSR count). The molecule has 0 spiro atoms. The summed E-state index contributed by atoms with van der Waals surface area (Å²) in [4.78, 5) is 28.0. The maximum Gasteiger partial charge on any atom is 0.258 e. The van der Waals surface area contributed by atoms with E-state index in [1.807, 2.05) is 6.20 Å². The minimum Gasteiger partial charge on any atom is -0.493 e. The van der Waals surface area contributed by atoms with Crippen LogP contribution in [-0.2, 0) is 24.3 Å². The van der Waals surface area contributed by atoms with Gasteiger partial charge >= 0.3 is 0 Å². The Hall–Kier alpha value is -2.83. The molecular weight excluding hydrogens is 334 g/mol. The third-order valence-electron chi connectivity index (χ3n) is 4.35. The van der Waals surface area contributed by atoms with Crippen LogP contribution in [0.1, 0.15) is 41.6 Å². The first-order chi connectivity index (χ1) is 12.6. The Morgan fingerprint density at radius 3 is 2.85 bits per heavy atom. The van der Waals surface area contributed by atoms with E-state index in [1.54, 1.807) is 18.2 Å². The average Bonchev–Trinajstić information content (AvgIpc) is 3.07. The molecule has 2 heterocycles. The Labute approximate surface area is 152 Å². The number of aromatic nitrogens is 2. The number of aryl methyl sites for hydroxylation is 2. The Bertz CT molecular complexity index is 790. The summed E-state index contributed by atoms with van der Waals surface area (Å²) in [6.45, 7) is 2.72. The van der Waals surface area contributed by atoms with Crippen LogP contribution >= 0.6 is 0 Å². The van der Waals surface area contributed by atoms with E-state index in [4.69, 9.17) is 9.47 Å². The molecular formula is C19H23N3O4. The highest BCUT2D eigenvalue weighted by molar-refractivity contribution is 5.94. The number of carbonyl (C=O) groups excluding carboxylic acids is 2. The van der Waals surface area contributed by atoms with E-state index in [1.165, 1.54) is 26.9 Å². The van der Waals surface area contributed by atoms with Gasteiger partial charge in [0.25, 0.3) is 5.91 Å². The SMILES string of the molecule is COc1cc(C(C)=O)ccc1OCC(=O)NCc1cn2c(n1)CCCC2. The zero-order valence-electron chi connectivity index (χ0n) is 15.1. The molecule has 0 radical (unpaired) electrons. The second kappa shape index (κ2) is 8.03. The topological polar surface area (TPSA) is 82.5 Å². The first kappa shape index (κ1) is 18.0. The normalized spacial score (nSPS) is 13.0. The van der Waals surface area contributed by atoms with Crippen molar-refractivity contribution in [1.29, 1.82) is 0 Å². The zero-order valence-corrected chi connectivity index (χ0v) is 15.1. The number of fused-ring (bicyclic) bond motifs is 1. The molecule has 1 aromatic heterocycles. The van der Waals surface area contributed by atoms with E-state index in [2.05, 4.69) is 14.9 Å². The molecule has 2 aromatic rings. The molecule has 0 fully saturated rings. The summed E-state index contributed by atoms with van der Waals surface area (Å²) in [6.07, 6.45) is 5.33. The van der Waals surface area contributed by atoms with E-state index in [0.29, 0.717) is 23.6 Å². The molecule has 1 aliphatic rings. The molecule has 138 valence electrons. The summed E-state index contributed by atoms with van der Waals surface area (Å²) in [6, 6.07) is 4.88. The monoisotopic (exact) mass is 357 g/mol. The van der Waals surface area contributed by atoms with Crippen molar-refractivity contribution in [2.45, 2.75) is 39.3 Å². The molecule has 26 heavy (non-hydrogen) atoms. The minimum atomic E-state index is -0.242.